The second-order valence-electron chi connectivity index (χ2n) is 6.65. The van der Waals surface area contributed by atoms with Gasteiger partial charge in [0.1, 0.15) is 0 Å². The number of amides is 2. The van der Waals surface area contributed by atoms with Gasteiger partial charge in [-0.15, -0.1) is 10.2 Å². The Morgan fingerprint density at radius 1 is 1.27 bits per heavy atom. The van der Waals surface area contributed by atoms with Crippen molar-refractivity contribution in [2.75, 3.05) is 35.7 Å². The number of thioether (sulfide) groups is 1. The molecule has 0 radical (unpaired) electrons. The first-order valence-electron chi connectivity index (χ1n) is 8.98. The summed E-state index contributed by atoms with van der Waals surface area (Å²) < 4.78 is 25.0. The molecule has 9 nitrogen and oxygen atoms in total. The first-order chi connectivity index (χ1) is 14.2. The van der Waals surface area contributed by atoms with Crippen molar-refractivity contribution in [3.05, 3.63) is 29.3 Å². The first-order valence-corrected chi connectivity index (χ1v) is 13.0. The minimum atomic E-state index is -3.23. The number of nitrogens with one attached hydrogen (secondary N) is 2. The molecule has 2 aromatic rings. The maximum absolute atomic E-state index is 12.4. The number of piperidine rings is 1. The third-order valence-electron chi connectivity index (χ3n) is 4.37. The van der Waals surface area contributed by atoms with Gasteiger partial charge < -0.3 is 10.6 Å². The minimum absolute atomic E-state index is 0.138. The van der Waals surface area contributed by atoms with Crippen LogP contribution in [0.4, 0.5) is 10.8 Å². The lowest BCUT2D eigenvalue weighted by Gasteiger charge is -2.29. The van der Waals surface area contributed by atoms with Crippen LogP contribution in [0, 0.1) is 5.92 Å². The predicted octanol–water partition coefficient (Wildman–Crippen LogP) is 2.53. The van der Waals surface area contributed by atoms with Crippen LogP contribution in [-0.2, 0) is 19.6 Å². The third kappa shape index (κ3) is 6.64. The van der Waals surface area contributed by atoms with Crippen molar-refractivity contribution in [3.8, 4) is 0 Å². The molecule has 30 heavy (non-hydrogen) atoms. The quantitative estimate of drug-likeness (QED) is 0.452. The van der Waals surface area contributed by atoms with Crippen molar-refractivity contribution in [2.24, 2.45) is 5.92 Å². The van der Waals surface area contributed by atoms with Gasteiger partial charge in [-0.2, -0.15) is 0 Å². The standard InChI is InChI=1S/C17H20ClN5O4S3/c1-30(26,27)23-7-5-11(6-8-23)15(25)20-16-21-22-17(29-16)28-10-14(24)19-13-4-2-3-12(18)9-13/h2-4,9,11H,5-8,10H2,1H3,(H,19,24)(H,20,21,25). The number of nitrogens with zero attached hydrogens (tertiary/aromatic N) is 3. The van der Waals surface area contributed by atoms with Crippen LogP contribution in [0.25, 0.3) is 0 Å². The number of anilines is 2. The van der Waals surface area contributed by atoms with Crippen molar-refractivity contribution >= 4 is 67.4 Å². The second-order valence-corrected chi connectivity index (χ2v) is 11.3. The molecular weight excluding hydrogens is 470 g/mol. The van der Waals surface area contributed by atoms with E-state index in [-0.39, 0.29) is 23.5 Å². The maximum Gasteiger partial charge on any atom is 0.234 e. The summed E-state index contributed by atoms with van der Waals surface area (Å²) in [5.41, 5.74) is 0.611. The highest BCUT2D eigenvalue weighted by Crippen LogP contribution is 2.27. The van der Waals surface area contributed by atoms with Crippen LogP contribution < -0.4 is 10.6 Å². The van der Waals surface area contributed by atoms with Crippen molar-refractivity contribution in [3.63, 3.8) is 0 Å². The van der Waals surface area contributed by atoms with Crippen molar-refractivity contribution in [1.82, 2.24) is 14.5 Å². The van der Waals surface area contributed by atoms with Gasteiger partial charge >= 0.3 is 0 Å². The molecule has 0 spiro atoms. The van der Waals surface area contributed by atoms with E-state index < -0.39 is 10.0 Å². The zero-order valence-electron chi connectivity index (χ0n) is 16.0. The van der Waals surface area contributed by atoms with Gasteiger partial charge in [-0.1, -0.05) is 40.8 Å². The van der Waals surface area contributed by atoms with Crippen LogP contribution in [0.15, 0.2) is 28.6 Å². The summed E-state index contributed by atoms with van der Waals surface area (Å²) in [7, 11) is -3.23. The molecule has 2 heterocycles. The molecule has 2 N–H and O–H groups in total. The van der Waals surface area contributed by atoms with Crippen molar-refractivity contribution in [1.29, 1.82) is 0 Å². The van der Waals surface area contributed by atoms with E-state index in [1.165, 1.54) is 33.7 Å². The summed E-state index contributed by atoms with van der Waals surface area (Å²) in [6.45, 7) is 0.658. The lowest BCUT2D eigenvalue weighted by Crippen LogP contribution is -2.40. The monoisotopic (exact) mass is 489 g/mol. The SMILES string of the molecule is CS(=O)(=O)N1CCC(C(=O)Nc2nnc(SCC(=O)Nc3cccc(Cl)c3)s2)CC1. The Hall–Kier alpha value is -1.73. The number of sulfonamides is 1. The van der Waals surface area contributed by atoms with E-state index in [2.05, 4.69) is 20.8 Å². The number of aromatic nitrogens is 2. The average Bonchev–Trinajstić information content (AvgIpc) is 3.13. The summed E-state index contributed by atoms with van der Waals surface area (Å²) in [6, 6.07) is 6.87. The Morgan fingerprint density at radius 2 is 2.00 bits per heavy atom. The average molecular weight is 490 g/mol. The number of benzene rings is 1. The highest BCUT2D eigenvalue weighted by Gasteiger charge is 2.29. The molecule has 1 aliphatic rings. The van der Waals surface area contributed by atoms with Gasteiger partial charge in [-0.3, -0.25) is 9.59 Å². The zero-order valence-corrected chi connectivity index (χ0v) is 19.2. The van der Waals surface area contributed by atoms with Gasteiger partial charge in [-0.25, -0.2) is 12.7 Å². The first kappa shape index (κ1) is 22.9. The molecule has 1 aromatic carbocycles. The lowest BCUT2D eigenvalue weighted by atomic mass is 9.97. The molecule has 1 aliphatic heterocycles. The highest BCUT2D eigenvalue weighted by molar-refractivity contribution is 8.01. The molecule has 0 aliphatic carbocycles. The summed E-state index contributed by atoms with van der Waals surface area (Å²) in [5, 5.41) is 14.3. The molecule has 1 saturated heterocycles. The van der Waals surface area contributed by atoms with Gasteiger partial charge in [0.05, 0.1) is 12.0 Å². The Balaban J connectivity index is 1.44. The molecule has 0 saturated carbocycles. The van der Waals surface area contributed by atoms with Crippen LogP contribution >= 0.6 is 34.7 Å². The van der Waals surface area contributed by atoms with Crippen LogP contribution in [0.5, 0.6) is 0 Å². The van der Waals surface area contributed by atoms with E-state index in [1.807, 2.05) is 0 Å². The maximum atomic E-state index is 12.4. The largest absolute Gasteiger partial charge is 0.325 e. The number of carbonyl (C=O) groups excluding carboxylic acids is 2. The summed E-state index contributed by atoms with van der Waals surface area (Å²) in [5.74, 6) is -0.541. The van der Waals surface area contributed by atoms with E-state index in [1.54, 1.807) is 24.3 Å². The van der Waals surface area contributed by atoms with E-state index in [9.17, 15) is 18.0 Å². The fraction of sp³-hybridized carbons (Fsp3) is 0.412. The van der Waals surface area contributed by atoms with Gasteiger partial charge in [0.2, 0.25) is 27.0 Å². The summed E-state index contributed by atoms with van der Waals surface area (Å²) in [4.78, 5) is 24.5. The Kier molecular flexibility index (Phi) is 7.69. The lowest BCUT2D eigenvalue weighted by molar-refractivity contribution is -0.121. The number of hydrogen-bond donors (Lipinski definition) is 2. The van der Waals surface area contributed by atoms with Gasteiger partial charge in [-0.05, 0) is 31.0 Å². The van der Waals surface area contributed by atoms with Crippen molar-refractivity contribution in [2.45, 2.75) is 17.2 Å². The Morgan fingerprint density at radius 3 is 2.67 bits per heavy atom. The van der Waals surface area contributed by atoms with Crippen molar-refractivity contribution < 1.29 is 18.0 Å². The van der Waals surface area contributed by atoms with E-state index in [0.29, 0.717) is 46.1 Å². The third-order valence-corrected chi connectivity index (χ3v) is 7.88. The normalized spacial score (nSPS) is 15.7. The van der Waals surface area contributed by atoms with E-state index in [4.69, 9.17) is 11.6 Å². The predicted molar refractivity (Wildman–Crippen MR) is 118 cm³/mol. The highest BCUT2D eigenvalue weighted by atomic mass is 35.5. The second kappa shape index (κ2) is 10.1. The number of halogens is 1. The Bertz CT molecular complexity index is 1020. The molecular formula is C17H20ClN5O4S3. The molecule has 3 rings (SSSR count). The molecule has 1 aromatic heterocycles. The fourth-order valence-corrected chi connectivity index (χ4v) is 5.49. The number of rotatable bonds is 7. The van der Waals surface area contributed by atoms with Crippen LogP contribution in [0.2, 0.25) is 5.02 Å². The molecule has 2 amide bonds. The van der Waals surface area contributed by atoms with Crippen LogP contribution in [0.1, 0.15) is 12.8 Å². The molecule has 0 unspecified atom stereocenters. The fourth-order valence-electron chi connectivity index (χ4n) is 2.87. The Labute approximate surface area is 187 Å². The van der Waals surface area contributed by atoms with Crippen LogP contribution in [0.3, 0.4) is 0 Å². The van der Waals surface area contributed by atoms with Crippen LogP contribution in [-0.4, -0.2) is 59.8 Å². The topological polar surface area (TPSA) is 121 Å². The molecule has 162 valence electrons. The summed E-state index contributed by atoms with van der Waals surface area (Å²) >= 11 is 8.29. The van der Waals surface area contributed by atoms with Gasteiger partial charge in [0, 0.05) is 29.7 Å². The zero-order chi connectivity index (χ0) is 21.7. The number of carbonyl (C=O) groups is 2. The molecule has 0 atom stereocenters. The minimum Gasteiger partial charge on any atom is -0.325 e. The molecule has 0 bridgehead atoms. The molecule has 1 fully saturated rings. The van der Waals surface area contributed by atoms with Gasteiger partial charge in [0.25, 0.3) is 0 Å². The molecule has 13 heteroatoms. The van der Waals surface area contributed by atoms with E-state index in [0.717, 1.165) is 0 Å². The summed E-state index contributed by atoms with van der Waals surface area (Å²) in [6.07, 6.45) is 2.09. The number of hydrogen-bond acceptors (Lipinski definition) is 8. The van der Waals surface area contributed by atoms with Gasteiger partial charge in [0.15, 0.2) is 4.34 Å². The van der Waals surface area contributed by atoms with E-state index >= 15 is 0 Å². The smallest absolute Gasteiger partial charge is 0.234 e.